The van der Waals surface area contributed by atoms with Gasteiger partial charge in [-0.25, -0.2) is 0 Å². The summed E-state index contributed by atoms with van der Waals surface area (Å²) in [4.78, 5) is 0. The molecule has 0 saturated heterocycles. The molecule has 0 aromatic carbocycles. The summed E-state index contributed by atoms with van der Waals surface area (Å²) in [6.45, 7) is 0. The van der Waals surface area contributed by atoms with E-state index in [9.17, 15) is 0 Å². The van der Waals surface area contributed by atoms with Crippen LogP contribution in [0.4, 0.5) is 0 Å². The summed E-state index contributed by atoms with van der Waals surface area (Å²) in [6, 6.07) is 0. The van der Waals surface area contributed by atoms with Crippen LogP contribution in [0.5, 0.6) is 0 Å². The van der Waals surface area contributed by atoms with Crippen LogP contribution in [0.2, 0.25) is 0 Å². The molecular weight excluding hydrogens is 181 g/mol. The second-order valence-corrected chi connectivity index (χ2v) is 2.68. The average molecular weight is 194 g/mol. The Labute approximate surface area is 58.2 Å². The molecule has 0 fully saturated rings. The quantitative estimate of drug-likeness (QED) is 0.398. The van der Waals surface area contributed by atoms with Gasteiger partial charge in [0.2, 0.25) is 0 Å². The Bertz CT molecular complexity index is 27.2. The van der Waals surface area contributed by atoms with Crippen molar-refractivity contribution in [3.05, 3.63) is 0 Å². The van der Waals surface area contributed by atoms with Crippen LogP contribution in [-0.2, 0) is 19.5 Å². The molecule has 0 aliphatic rings. The van der Waals surface area contributed by atoms with Crippen LogP contribution in [0.25, 0.3) is 0 Å². The van der Waals surface area contributed by atoms with Gasteiger partial charge < -0.3 is 9.96 Å². The number of hydrogen-bond acceptors (Lipinski definition) is 1. The second-order valence-electron chi connectivity index (χ2n) is 2.68. The van der Waals surface area contributed by atoms with E-state index in [0.717, 1.165) is 4.48 Å². The van der Waals surface area contributed by atoms with Crippen molar-refractivity contribution in [2.24, 2.45) is 0 Å². The molecular formula is C4H13NORh. The van der Waals surface area contributed by atoms with Gasteiger partial charge in [0.1, 0.15) is 0 Å². The van der Waals surface area contributed by atoms with Crippen LogP contribution in [0.15, 0.2) is 0 Å². The second kappa shape index (κ2) is 4.70. The van der Waals surface area contributed by atoms with Crippen molar-refractivity contribution >= 4 is 0 Å². The third-order valence-electron chi connectivity index (χ3n) is 0. The molecule has 0 amide bonds. The van der Waals surface area contributed by atoms with E-state index in [0.29, 0.717) is 0 Å². The molecule has 0 aliphatic heterocycles. The maximum atomic E-state index is 2.12. The van der Waals surface area contributed by atoms with Crippen molar-refractivity contribution < 1.29 is 29.4 Å². The molecule has 0 spiro atoms. The molecule has 0 bridgehead atoms. The monoisotopic (exact) mass is 194 g/mol. The number of hydrogen-bond donors (Lipinski definition) is 0. The summed E-state index contributed by atoms with van der Waals surface area (Å²) in [6.07, 6.45) is 0. The van der Waals surface area contributed by atoms with E-state index in [2.05, 4.69) is 28.2 Å². The zero-order chi connectivity index (χ0) is 4.50. The molecule has 0 saturated carbocycles. The average Bonchev–Trinajstić information content (AvgIpc) is 0.722. The Morgan fingerprint density at radius 1 is 0.857 bits per heavy atom. The summed E-state index contributed by atoms with van der Waals surface area (Å²) in [5.41, 5.74) is 0. The summed E-state index contributed by atoms with van der Waals surface area (Å²) >= 11 is 0. The first kappa shape index (κ1) is 15.6. The van der Waals surface area contributed by atoms with E-state index in [-0.39, 0.29) is 25.0 Å². The molecule has 49 valence electrons. The third-order valence-corrected chi connectivity index (χ3v) is 0. The molecule has 1 N–H and O–H groups in total. The van der Waals surface area contributed by atoms with Gasteiger partial charge in [-0.3, -0.25) is 0 Å². The van der Waals surface area contributed by atoms with E-state index in [1.165, 1.54) is 0 Å². The van der Waals surface area contributed by atoms with Crippen molar-refractivity contribution in [2.75, 3.05) is 28.2 Å². The Balaban J connectivity index is -0.0000000800. The Morgan fingerprint density at radius 3 is 0.857 bits per heavy atom. The third kappa shape index (κ3) is 457. The predicted octanol–water partition coefficient (Wildman–Crippen LogP) is 0.143. The van der Waals surface area contributed by atoms with Gasteiger partial charge in [-0.1, -0.05) is 0 Å². The smallest absolute Gasteiger partial charge is 0.0675 e. The Kier molecular flexibility index (Phi) is 10.5. The summed E-state index contributed by atoms with van der Waals surface area (Å²) in [5, 5.41) is 0. The molecule has 0 unspecified atom stereocenters. The van der Waals surface area contributed by atoms with Gasteiger partial charge in [0, 0.05) is 19.5 Å². The van der Waals surface area contributed by atoms with Gasteiger partial charge in [-0.05, 0) is 0 Å². The van der Waals surface area contributed by atoms with Crippen LogP contribution in [0.3, 0.4) is 0 Å². The standard InChI is InChI=1S/C4H12N.H2O.Rh/c1-5(2,3)4;;/h1-4H3;1H2;/q+1;;/p-1. The number of quaternary nitrogens is 1. The molecule has 0 heterocycles. The predicted molar refractivity (Wildman–Crippen MR) is 25.9 cm³/mol. The molecule has 1 radical (unpaired) electrons. The van der Waals surface area contributed by atoms with E-state index in [1.54, 1.807) is 0 Å². The summed E-state index contributed by atoms with van der Waals surface area (Å²) in [5.74, 6) is 0. The largest absolute Gasteiger partial charge is 0.870 e. The maximum Gasteiger partial charge on any atom is 0.0675 e. The van der Waals surface area contributed by atoms with Crippen molar-refractivity contribution in [3.63, 3.8) is 0 Å². The minimum Gasteiger partial charge on any atom is -0.870 e. The normalized spacial score (nSPS) is 8.57. The topological polar surface area (TPSA) is 30.0 Å². The van der Waals surface area contributed by atoms with E-state index >= 15 is 0 Å². The minimum absolute atomic E-state index is 0. The van der Waals surface area contributed by atoms with Crippen LogP contribution in [0.1, 0.15) is 0 Å². The minimum atomic E-state index is 0. The Morgan fingerprint density at radius 2 is 0.857 bits per heavy atom. The van der Waals surface area contributed by atoms with Crippen LogP contribution in [0, 0.1) is 0 Å². The molecule has 2 nitrogen and oxygen atoms in total. The molecule has 3 heteroatoms. The fraction of sp³-hybridized carbons (Fsp3) is 1.00. The molecule has 0 aliphatic carbocycles. The van der Waals surface area contributed by atoms with Gasteiger partial charge in [-0.2, -0.15) is 0 Å². The molecule has 0 atom stereocenters. The van der Waals surface area contributed by atoms with E-state index in [1.807, 2.05) is 0 Å². The fourth-order valence-corrected chi connectivity index (χ4v) is 0. The van der Waals surface area contributed by atoms with Gasteiger partial charge >= 0.3 is 0 Å². The van der Waals surface area contributed by atoms with Crippen molar-refractivity contribution in [1.29, 1.82) is 0 Å². The van der Waals surface area contributed by atoms with Crippen LogP contribution < -0.4 is 0 Å². The van der Waals surface area contributed by atoms with Gasteiger partial charge in [0.25, 0.3) is 0 Å². The van der Waals surface area contributed by atoms with Crippen molar-refractivity contribution in [3.8, 4) is 0 Å². The fourth-order valence-electron chi connectivity index (χ4n) is 0. The molecule has 0 aromatic heterocycles. The molecule has 0 rings (SSSR count). The maximum absolute atomic E-state index is 2.12. The first-order valence-corrected chi connectivity index (χ1v) is 1.79. The summed E-state index contributed by atoms with van der Waals surface area (Å²) < 4.78 is 1.00. The zero-order valence-corrected chi connectivity index (χ0v) is 6.87. The number of nitrogens with zero attached hydrogens (tertiary/aromatic N) is 1. The van der Waals surface area contributed by atoms with E-state index in [4.69, 9.17) is 0 Å². The van der Waals surface area contributed by atoms with E-state index < -0.39 is 0 Å². The molecule has 7 heavy (non-hydrogen) atoms. The van der Waals surface area contributed by atoms with Gasteiger partial charge in [0.05, 0.1) is 28.2 Å². The first-order valence-electron chi connectivity index (χ1n) is 1.79. The van der Waals surface area contributed by atoms with Crippen molar-refractivity contribution in [2.45, 2.75) is 0 Å². The SMILES string of the molecule is C[N+](C)(C)C.[OH-].[Rh]. The Hall–Kier alpha value is 0.543. The van der Waals surface area contributed by atoms with Crippen LogP contribution >= 0.6 is 0 Å². The van der Waals surface area contributed by atoms with Crippen molar-refractivity contribution in [1.82, 2.24) is 0 Å². The van der Waals surface area contributed by atoms with Crippen LogP contribution in [-0.4, -0.2) is 38.1 Å². The summed E-state index contributed by atoms with van der Waals surface area (Å²) in [7, 11) is 8.50. The molecule has 0 aromatic rings. The number of rotatable bonds is 0. The van der Waals surface area contributed by atoms with Gasteiger partial charge in [-0.15, -0.1) is 0 Å². The van der Waals surface area contributed by atoms with Gasteiger partial charge in [0.15, 0.2) is 0 Å². The zero-order valence-electron chi connectivity index (χ0n) is 5.23. The first-order chi connectivity index (χ1) is 2.00.